The lowest BCUT2D eigenvalue weighted by molar-refractivity contribution is -0.131. The Morgan fingerprint density at radius 1 is 1.11 bits per heavy atom. The number of amides is 1. The van der Waals surface area contributed by atoms with E-state index in [2.05, 4.69) is 0 Å². The highest BCUT2D eigenvalue weighted by molar-refractivity contribution is 6.31. The van der Waals surface area contributed by atoms with Crippen molar-refractivity contribution in [1.82, 2.24) is 9.80 Å². The summed E-state index contributed by atoms with van der Waals surface area (Å²) in [7, 11) is 5.07. The molecule has 0 unspecified atom stereocenters. The van der Waals surface area contributed by atoms with E-state index in [-0.39, 0.29) is 19.0 Å². The van der Waals surface area contributed by atoms with Crippen LogP contribution in [0.3, 0.4) is 0 Å². The number of hydrogen-bond donors (Lipinski definition) is 0. The minimum Gasteiger partial charge on any atom is -0.497 e. The summed E-state index contributed by atoms with van der Waals surface area (Å²) in [5.74, 6) is 0.967. The number of rotatable bonds is 9. The molecule has 0 aliphatic carbocycles. The van der Waals surface area contributed by atoms with Gasteiger partial charge in [-0.3, -0.25) is 9.69 Å². The molecule has 7 heteroatoms. The second kappa shape index (κ2) is 10.1. The molecule has 0 radical (unpaired) electrons. The first kappa shape index (κ1) is 21.0. The molecule has 0 saturated carbocycles. The van der Waals surface area contributed by atoms with Gasteiger partial charge in [0.25, 0.3) is 0 Å². The third-order valence-corrected chi connectivity index (χ3v) is 4.44. The van der Waals surface area contributed by atoms with Gasteiger partial charge in [0.1, 0.15) is 23.9 Å². The van der Waals surface area contributed by atoms with Gasteiger partial charge in [-0.2, -0.15) is 0 Å². The molecule has 146 valence electrons. The van der Waals surface area contributed by atoms with Crippen LogP contribution in [0.5, 0.6) is 11.5 Å². The van der Waals surface area contributed by atoms with Gasteiger partial charge < -0.3 is 14.4 Å². The highest BCUT2D eigenvalue weighted by atomic mass is 35.5. The van der Waals surface area contributed by atoms with E-state index in [1.165, 1.54) is 11.0 Å². The SMILES string of the molecule is COc1ccc(OCCN(C)CC(=O)N(C)Cc2c(F)cccc2Cl)cc1. The third-order valence-electron chi connectivity index (χ3n) is 4.09. The summed E-state index contributed by atoms with van der Waals surface area (Å²) >= 11 is 6.02. The number of carbonyl (C=O) groups excluding carboxylic acids is 1. The normalized spacial score (nSPS) is 10.7. The number of benzene rings is 2. The molecule has 0 aromatic heterocycles. The van der Waals surface area contributed by atoms with E-state index in [4.69, 9.17) is 21.1 Å². The molecule has 27 heavy (non-hydrogen) atoms. The second-order valence-corrected chi connectivity index (χ2v) is 6.62. The smallest absolute Gasteiger partial charge is 0.236 e. The summed E-state index contributed by atoms with van der Waals surface area (Å²) in [6, 6.07) is 11.8. The molecule has 0 N–H and O–H groups in total. The van der Waals surface area contributed by atoms with E-state index in [0.717, 1.165) is 11.5 Å². The number of ether oxygens (including phenoxy) is 2. The average molecular weight is 395 g/mol. The first-order valence-electron chi connectivity index (χ1n) is 8.53. The summed E-state index contributed by atoms with van der Waals surface area (Å²) < 4.78 is 24.6. The standard InChI is InChI=1S/C20H24ClFN2O3/c1-23(11-12-27-16-9-7-15(26-3)8-10-16)14-20(25)24(2)13-17-18(21)5-4-6-19(17)22/h4-10H,11-14H2,1-3H3. The molecule has 5 nitrogen and oxygen atoms in total. The van der Waals surface area contributed by atoms with Crippen LogP contribution in [0.15, 0.2) is 42.5 Å². The van der Waals surface area contributed by atoms with Gasteiger partial charge in [0.05, 0.1) is 13.7 Å². The number of hydrogen-bond acceptors (Lipinski definition) is 4. The Morgan fingerprint density at radius 2 is 1.78 bits per heavy atom. The molecule has 0 spiro atoms. The summed E-state index contributed by atoms with van der Waals surface area (Å²) in [5, 5.41) is 0.316. The lowest BCUT2D eigenvalue weighted by Gasteiger charge is -2.22. The molecule has 0 atom stereocenters. The molecule has 0 aliphatic rings. The summed E-state index contributed by atoms with van der Waals surface area (Å²) in [4.78, 5) is 15.7. The van der Waals surface area contributed by atoms with Crippen molar-refractivity contribution in [2.45, 2.75) is 6.54 Å². The van der Waals surface area contributed by atoms with Crippen LogP contribution < -0.4 is 9.47 Å². The van der Waals surface area contributed by atoms with Crippen LogP contribution in [-0.4, -0.2) is 56.6 Å². The van der Waals surface area contributed by atoms with E-state index in [1.807, 2.05) is 36.2 Å². The number of methoxy groups -OCH3 is 1. The van der Waals surface area contributed by atoms with Crippen molar-refractivity contribution < 1.29 is 18.7 Å². The van der Waals surface area contributed by atoms with Crippen molar-refractivity contribution in [3.63, 3.8) is 0 Å². The van der Waals surface area contributed by atoms with Crippen LogP contribution >= 0.6 is 11.6 Å². The van der Waals surface area contributed by atoms with Crippen LogP contribution in [0.4, 0.5) is 4.39 Å². The Bertz CT molecular complexity index is 735. The minimum atomic E-state index is -0.414. The fraction of sp³-hybridized carbons (Fsp3) is 0.350. The second-order valence-electron chi connectivity index (χ2n) is 6.21. The largest absolute Gasteiger partial charge is 0.497 e. The molecule has 0 bridgehead atoms. The maximum Gasteiger partial charge on any atom is 0.236 e. The molecular formula is C20H24ClFN2O3. The van der Waals surface area contributed by atoms with Gasteiger partial charge in [0.2, 0.25) is 5.91 Å². The Balaban J connectivity index is 1.77. The number of likely N-dealkylation sites (N-methyl/N-ethyl adjacent to an activating group) is 2. The molecule has 1 amide bonds. The molecule has 0 saturated heterocycles. The Labute approximate surface area is 164 Å². The quantitative estimate of drug-likeness (QED) is 0.653. The first-order chi connectivity index (χ1) is 12.9. The van der Waals surface area contributed by atoms with Crippen molar-refractivity contribution in [3.05, 3.63) is 58.9 Å². The van der Waals surface area contributed by atoms with E-state index in [0.29, 0.717) is 23.7 Å². The zero-order chi connectivity index (χ0) is 19.8. The van der Waals surface area contributed by atoms with Gasteiger partial charge in [-0.05, 0) is 43.4 Å². The molecular weight excluding hydrogens is 371 g/mol. The maximum absolute atomic E-state index is 13.9. The minimum absolute atomic E-state index is 0.124. The first-order valence-corrected chi connectivity index (χ1v) is 8.90. The van der Waals surface area contributed by atoms with Crippen molar-refractivity contribution in [3.8, 4) is 11.5 Å². The topological polar surface area (TPSA) is 42.0 Å². The molecule has 0 heterocycles. The Morgan fingerprint density at radius 3 is 2.41 bits per heavy atom. The van der Waals surface area contributed by atoms with Crippen molar-refractivity contribution >= 4 is 17.5 Å². The lowest BCUT2D eigenvalue weighted by atomic mass is 10.2. The van der Waals surface area contributed by atoms with Gasteiger partial charge in [-0.25, -0.2) is 4.39 Å². The maximum atomic E-state index is 13.9. The average Bonchev–Trinajstić information content (AvgIpc) is 2.65. The highest BCUT2D eigenvalue weighted by Gasteiger charge is 2.15. The zero-order valence-electron chi connectivity index (χ0n) is 15.7. The predicted molar refractivity (Wildman–Crippen MR) is 104 cm³/mol. The van der Waals surface area contributed by atoms with E-state index in [9.17, 15) is 9.18 Å². The number of halogens is 2. The fourth-order valence-electron chi connectivity index (χ4n) is 2.43. The van der Waals surface area contributed by atoms with Crippen LogP contribution in [0.1, 0.15) is 5.56 Å². The van der Waals surface area contributed by atoms with Crippen molar-refractivity contribution in [2.24, 2.45) is 0 Å². The number of nitrogens with zero attached hydrogens (tertiary/aromatic N) is 2. The molecule has 2 aromatic rings. The molecule has 0 aliphatic heterocycles. The monoisotopic (exact) mass is 394 g/mol. The summed E-state index contributed by atoms with van der Waals surface area (Å²) in [5.41, 5.74) is 0.320. The molecule has 2 rings (SSSR count). The van der Waals surface area contributed by atoms with Crippen molar-refractivity contribution in [1.29, 1.82) is 0 Å². The van der Waals surface area contributed by atoms with E-state index < -0.39 is 5.82 Å². The lowest BCUT2D eigenvalue weighted by Crippen LogP contribution is -2.38. The molecule has 0 fully saturated rings. The summed E-state index contributed by atoms with van der Waals surface area (Å²) in [6.07, 6.45) is 0. The third kappa shape index (κ3) is 6.41. The Hall–Kier alpha value is -2.31. The fourth-order valence-corrected chi connectivity index (χ4v) is 2.65. The van der Waals surface area contributed by atoms with Crippen LogP contribution in [0.2, 0.25) is 5.02 Å². The van der Waals surface area contributed by atoms with Gasteiger partial charge in [0.15, 0.2) is 0 Å². The zero-order valence-corrected chi connectivity index (χ0v) is 16.5. The van der Waals surface area contributed by atoms with Crippen LogP contribution in [0.25, 0.3) is 0 Å². The van der Waals surface area contributed by atoms with Gasteiger partial charge in [-0.1, -0.05) is 17.7 Å². The Kier molecular flexibility index (Phi) is 7.88. The van der Waals surface area contributed by atoms with Gasteiger partial charge >= 0.3 is 0 Å². The van der Waals surface area contributed by atoms with E-state index >= 15 is 0 Å². The van der Waals surface area contributed by atoms with Crippen LogP contribution in [-0.2, 0) is 11.3 Å². The number of carbonyl (C=O) groups is 1. The van der Waals surface area contributed by atoms with Crippen LogP contribution in [0, 0.1) is 5.82 Å². The predicted octanol–water partition coefficient (Wildman–Crippen LogP) is 3.46. The van der Waals surface area contributed by atoms with Gasteiger partial charge in [-0.15, -0.1) is 0 Å². The highest BCUT2D eigenvalue weighted by Crippen LogP contribution is 2.20. The van der Waals surface area contributed by atoms with Crippen molar-refractivity contribution in [2.75, 3.05) is 40.9 Å². The molecule has 2 aromatic carbocycles. The van der Waals surface area contributed by atoms with Gasteiger partial charge in [0, 0.05) is 30.7 Å². The summed E-state index contributed by atoms with van der Waals surface area (Å²) in [6.45, 7) is 1.35. The van der Waals surface area contributed by atoms with E-state index in [1.54, 1.807) is 26.3 Å².